The first-order valence-electron chi connectivity index (χ1n) is 0.471. The zero-order valence-corrected chi connectivity index (χ0v) is 2.85. The first-order chi connectivity index (χ1) is 1.41. The fourth-order valence-electron chi connectivity index (χ4n) is 0. The van der Waals surface area contributed by atoms with E-state index in [-0.39, 0.29) is 17.1 Å². The normalized spacial score (nSPS) is 3.00. The Bertz CT molecular complexity index is 13.5. The van der Waals surface area contributed by atoms with E-state index in [4.69, 9.17) is 9.90 Å². The molecule has 24 valence electrons. The molecule has 0 aliphatic heterocycles. The van der Waals surface area contributed by atoms with E-state index in [2.05, 4.69) is 0 Å². The maximum Gasteiger partial charge on any atom is 2.00 e. The van der Waals surface area contributed by atoms with Crippen molar-refractivity contribution in [3.8, 4) is 0 Å². The molecule has 0 bridgehead atoms. The van der Waals surface area contributed by atoms with E-state index in [0.717, 1.165) is 0 Å². The van der Waals surface area contributed by atoms with Crippen LogP contribution in [0.4, 0.5) is 0 Å². The van der Waals surface area contributed by atoms with Gasteiger partial charge in [0.1, 0.15) is 0 Å². The molecular formula is CHFeO2+. The van der Waals surface area contributed by atoms with Crippen molar-refractivity contribution < 1.29 is 27.0 Å². The summed E-state index contributed by atoms with van der Waals surface area (Å²) >= 11 is 0. The first kappa shape index (κ1) is 9.01. The summed E-state index contributed by atoms with van der Waals surface area (Å²) < 4.78 is 0. The van der Waals surface area contributed by atoms with E-state index in [1.807, 2.05) is 0 Å². The fraction of sp³-hybridized carbons (Fsp3) is 0. The monoisotopic (exact) mass is 101 g/mol. The van der Waals surface area contributed by atoms with Gasteiger partial charge >= 0.3 is 17.1 Å². The molecule has 0 unspecified atom stereocenters. The van der Waals surface area contributed by atoms with Crippen LogP contribution in [0.3, 0.4) is 0 Å². The van der Waals surface area contributed by atoms with Gasteiger partial charge in [0.05, 0.1) is 0 Å². The molecule has 0 radical (unpaired) electrons. The molecular weight excluding hydrogens is 99.9 g/mol. The van der Waals surface area contributed by atoms with E-state index < -0.39 is 6.47 Å². The summed E-state index contributed by atoms with van der Waals surface area (Å²) in [4.78, 5) is 8.25. The molecule has 0 amide bonds. The van der Waals surface area contributed by atoms with Gasteiger partial charge in [-0.3, -0.25) is 0 Å². The fourth-order valence-corrected chi connectivity index (χ4v) is 0. The molecule has 0 aromatic heterocycles. The Morgan fingerprint density at radius 3 is 1.75 bits per heavy atom. The summed E-state index contributed by atoms with van der Waals surface area (Å²) in [6.07, 6.45) is 0. The third-order valence-corrected chi connectivity index (χ3v) is 0. The van der Waals surface area contributed by atoms with Gasteiger partial charge in [-0.25, -0.2) is 0 Å². The van der Waals surface area contributed by atoms with E-state index in [1.54, 1.807) is 0 Å². The second-order valence-electron chi connectivity index (χ2n) is 0.0962. The van der Waals surface area contributed by atoms with Gasteiger partial charge in [-0.15, -0.1) is 0 Å². The summed E-state index contributed by atoms with van der Waals surface area (Å²) in [6, 6.07) is 0. The van der Waals surface area contributed by atoms with Gasteiger partial charge in [0, 0.05) is 6.47 Å². The van der Waals surface area contributed by atoms with Crippen LogP contribution in [-0.4, -0.2) is 6.47 Å². The van der Waals surface area contributed by atoms with Crippen LogP contribution in [0.2, 0.25) is 0 Å². The van der Waals surface area contributed by atoms with Gasteiger partial charge in [0.15, 0.2) is 0 Å². The van der Waals surface area contributed by atoms with Crippen LogP contribution in [0.15, 0.2) is 0 Å². The molecule has 0 fully saturated rings. The van der Waals surface area contributed by atoms with E-state index >= 15 is 0 Å². The van der Waals surface area contributed by atoms with E-state index in [1.165, 1.54) is 0 Å². The minimum absolute atomic E-state index is 0. The van der Waals surface area contributed by atoms with Crippen LogP contribution in [-0.2, 0) is 21.9 Å². The smallest absolute Gasteiger partial charge is 0.554 e. The molecule has 0 spiro atoms. The summed E-state index contributed by atoms with van der Waals surface area (Å²) in [5, 5.41) is 8.25. The number of carboxylic acid groups (broad SMARTS) is 1. The molecule has 0 atom stereocenters. The van der Waals surface area contributed by atoms with Gasteiger partial charge in [-0.1, -0.05) is 0 Å². The van der Waals surface area contributed by atoms with Crippen LogP contribution < -0.4 is 5.11 Å². The topological polar surface area (TPSA) is 40.1 Å². The summed E-state index contributed by atoms with van der Waals surface area (Å²) in [6.45, 7) is -0.500. The van der Waals surface area contributed by atoms with E-state index in [0.29, 0.717) is 0 Å². The van der Waals surface area contributed by atoms with Gasteiger partial charge in [0.2, 0.25) is 0 Å². The summed E-state index contributed by atoms with van der Waals surface area (Å²) in [7, 11) is 0. The van der Waals surface area contributed by atoms with Crippen molar-refractivity contribution in [2.75, 3.05) is 0 Å². The average molecular weight is 101 g/mol. The Labute approximate surface area is 34.3 Å². The van der Waals surface area contributed by atoms with E-state index in [9.17, 15) is 0 Å². The Morgan fingerprint density at radius 1 is 1.75 bits per heavy atom. The standard InChI is InChI=1S/CH2O2.Fe/c2-1-3;/h1H,(H,2,3);/q;+2/p-1. The average Bonchev–Trinajstić information content (AvgIpc) is 0.918. The summed E-state index contributed by atoms with van der Waals surface area (Å²) in [5.74, 6) is 0. The molecule has 0 saturated carbocycles. The molecule has 0 heterocycles. The van der Waals surface area contributed by atoms with Crippen molar-refractivity contribution in [2.45, 2.75) is 0 Å². The molecule has 0 aromatic carbocycles. The van der Waals surface area contributed by atoms with Crippen LogP contribution in [0.5, 0.6) is 0 Å². The molecule has 0 saturated heterocycles. The minimum Gasteiger partial charge on any atom is -0.554 e. The van der Waals surface area contributed by atoms with Gasteiger partial charge in [-0.05, 0) is 0 Å². The Morgan fingerprint density at radius 2 is 1.75 bits per heavy atom. The molecule has 0 rings (SSSR count). The zero-order valence-electron chi connectivity index (χ0n) is 1.75. The number of hydrogen-bond acceptors (Lipinski definition) is 2. The first-order valence-corrected chi connectivity index (χ1v) is 0.471. The summed E-state index contributed by atoms with van der Waals surface area (Å²) in [5.41, 5.74) is 0. The zero-order chi connectivity index (χ0) is 2.71. The van der Waals surface area contributed by atoms with Crippen LogP contribution >= 0.6 is 0 Å². The van der Waals surface area contributed by atoms with Crippen LogP contribution in [0.25, 0.3) is 0 Å². The van der Waals surface area contributed by atoms with Gasteiger partial charge in [-0.2, -0.15) is 0 Å². The molecule has 3 heteroatoms. The number of carbonyl (C=O) groups is 1. The van der Waals surface area contributed by atoms with Crippen molar-refractivity contribution in [1.29, 1.82) is 0 Å². The molecule has 0 aliphatic carbocycles. The largest absolute Gasteiger partial charge is 2.00 e. The Balaban J connectivity index is 0. The third kappa shape index (κ3) is 17600. The van der Waals surface area contributed by atoms with Gasteiger partial charge < -0.3 is 9.90 Å². The molecule has 4 heavy (non-hydrogen) atoms. The SMILES string of the molecule is O=C[O-].[Fe+2]. The molecule has 2 nitrogen and oxygen atoms in total. The predicted octanol–water partition coefficient (Wildman–Crippen LogP) is -1.64. The van der Waals surface area contributed by atoms with Crippen molar-refractivity contribution in [3.05, 3.63) is 0 Å². The Kier molecular flexibility index (Phi) is 27.2. The number of hydrogen-bond donors (Lipinski definition) is 0. The Hall–Kier alpha value is -0.0105. The quantitative estimate of drug-likeness (QED) is 0.271. The third-order valence-electron chi connectivity index (χ3n) is 0. The van der Waals surface area contributed by atoms with Crippen LogP contribution in [0.1, 0.15) is 0 Å². The van der Waals surface area contributed by atoms with Gasteiger partial charge in [0.25, 0.3) is 0 Å². The van der Waals surface area contributed by atoms with Crippen molar-refractivity contribution in [2.24, 2.45) is 0 Å². The number of rotatable bonds is 0. The maximum absolute atomic E-state index is 8.25. The number of carbonyl (C=O) groups excluding carboxylic acids is 1. The van der Waals surface area contributed by atoms with Crippen molar-refractivity contribution in [3.63, 3.8) is 0 Å². The molecule has 0 aromatic rings. The molecule has 0 aliphatic rings. The predicted molar refractivity (Wildman–Crippen MR) is 6.06 cm³/mol. The van der Waals surface area contributed by atoms with Crippen molar-refractivity contribution >= 4 is 6.47 Å². The van der Waals surface area contributed by atoms with Crippen molar-refractivity contribution in [1.82, 2.24) is 0 Å². The minimum atomic E-state index is -0.500. The molecule has 0 N–H and O–H groups in total. The van der Waals surface area contributed by atoms with Crippen LogP contribution in [0, 0.1) is 0 Å². The maximum atomic E-state index is 8.25. The second kappa shape index (κ2) is 12.1. The second-order valence-corrected chi connectivity index (χ2v) is 0.0962.